The van der Waals surface area contributed by atoms with Gasteiger partial charge in [0, 0.05) is 20.2 Å². The van der Waals surface area contributed by atoms with Crippen molar-refractivity contribution in [3.63, 3.8) is 0 Å². The van der Waals surface area contributed by atoms with Gasteiger partial charge in [0.2, 0.25) is 0 Å². The molecule has 0 N–H and O–H groups in total. The lowest BCUT2D eigenvalue weighted by molar-refractivity contribution is 1.22. The van der Waals surface area contributed by atoms with Crippen LogP contribution in [-0.2, 0) is 0 Å². The molecule has 0 saturated carbocycles. The molecule has 1 aromatic rings. The molecule has 0 nitrogen and oxygen atoms in total. The first kappa shape index (κ1) is 9.10. The van der Waals surface area contributed by atoms with Crippen LogP contribution in [0, 0.1) is 0 Å². The molecule has 0 heterocycles. The molecule has 1 aromatic carbocycles. The van der Waals surface area contributed by atoms with Crippen molar-refractivity contribution < 1.29 is 0 Å². The second kappa shape index (κ2) is 3.61. The van der Waals surface area contributed by atoms with Gasteiger partial charge in [-0.25, -0.2) is 0 Å². The molecule has 0 radical (unpaired) electrons. The minimum Gasteiger partial charge on any atom is -0.143 e. The Hall–Kier alpha value is 0.01000. The van der Waals surface area contributed by atoms with Crippen LogP contribution in [0.1, 0.15) is 5.56 Å². The van der Waals surface area contributed by atoms with E-state index in [0.29, 0.717) is 0 Å². The summed E-state index contributed by atoms with van der Waals surface area (Å²) in [4.78, 5) is 2.58. The molecule has 0 fully saturated rings. The Morgan fingerprint density at radius 2 is 1.55 bits per heavy atom. The fourth-order valence-electron chi connectivity index (χ4n) is 0.818. The van der Waals surface area contributed by atoms with E-state index in [9.17, 15) is 0 Å². The highest BCUT2D eigenvalue weighted by atomic mass is 32.1. The summed E-state index contributed by atoms with van der Waals surface area (Å²) in [5.74, 6) is 0. The third-order valence-corrected chi connectivity index (χ3v) is 2.32. The van der Waals surface area contributed by atoms with Crippen molar-refractivity contribution >= 4 is 44.0 Å². The summed E-state index contributed by atoms with van der Waals surface area (Å²) in [7, 11) is 0. The van der Waals surface area contributed by atoms with E-state index >= 15 is 0 Å². The Labute approximate surface area is 82.9 Å². The van der Waals surface area contributed by atoms with Gasteiger partial charge >= 0.3 is 0 Å². The highest BCUT2D eigenvalue weighted by Gasteiger charge is 2.00. The van der Waals surface area contributed by atoms with E-state index in [1.165, 1.54) is 0 Å². The Bertz CT molecular complexity index is 268. The number of hydrogen-bond donors (Lipinski definition) is 3. The first-order chi connectivity index (χ1) is 5.15. The summed E-state index contributed by atoms with van der Waals surface area (Å²) in [6.07, 6.45) is 1.73. The summed E-state index contributed by atoms with van der Waals surface area (Å²) >= 11 is 12.7. The second-order valence-electron chi connectivity index (χ2n) is 2.10. The van der Waals surface area contributed by atoms with E-state index in [2.05, 4.69) is 44.5 Å². The summed E-state index contributed by atoms with van der Waals surface area (Å²) in [6, 6.07) is 3.73. The smallest absolute Gasteiger partial charge is 0.0135 e. The molecule has 3 heteroatoms. The average molecular weight is 200 g/mol. The summed E-state index contributed by atoms with van der Waals surface area (Å²) in [5, 5.41) is 0. The zero-order chi connectivity index (χ0) is 8.43. The maximum Gasteiger partial charge on any atom is 0.0135 e. The SMILES string of the molecule is C=Cc1c(S)cc(S)cc1S. The third-order valence-electron chi connectivity index (χ3n) is 1.33. The molecule has 0 unspecified atom stereocenters. The molecule has 0 aromatic heterocycles. The van der Waals surface area contributed by atoms with Crippen LogP contribution in [0.2, 0.25) is 0 Å². The first-order valence-corrected chi connectivity index (χ1v) is 4.36. The molecular weight excluding hydrogens is 192 g/mol. The lowest BCUT2D eigenvalue weighted by atomic mass is 10.2. The van der Waals surface area contributed by atoms with Crippen molar-refractivity contribution in [2.75, 3.05) is 0 Å². The van der Waals surface area contributed by atoms with Gasteiger partial charge in [-0.05, 0) is 12.1 Å². The van der Waals surface area contributed by atoms with Gasteiger partial charge in [-0.3, -0.25) is 0 Å². The lowest BCUT2D eigenvalue weighted by Gasteiger charge is -2.03. The van der Waals surface area contributed by atoms with Gasteiger partial charge in [-0.15, -0.1) is 37.9 Å². The van der Waals surface area contributed by atoms with Gasteiger partial charge in [-0.2, -0.15) is 0 Å². The summed E-state index contributed by atoms with van der Waals surface area (Å²) in [5.41, 5.74) is 0.953. The van der Waals surface area contributed by atoms with Crippen molar-refractivity contribution in [1.82, 2.24) is 0 Å². The molecule has 58 valence electrons. The van der Waals surface area contributed by atoms with Crippen LogP contribution in [-0.4, -0.2) is 0 Å². The fraction of sp³-hybridized carbons (Fsp3) is 0. The molecule has 0 aliphatic carbocycles. The molecule has 11 heavy (non-hydrogen) atoms. The minimum absolute atomic E-state index is 0.859. The zero-order valence-corrected chi connectivity index (χ0v) is 8.46. The van der Waals surface area contributed by atoms with Crippen LogP contribution in [0.15, 0.2) is 33.4 Å². The quantitative estimate of drug-likeness (QED) is 0.570. The van der Waals surface area contributed by atoms with Crippen LogP contribution in [0.25, 0.3) is 6.08 Å². The standard InChI is InChI=1S/C8H8S3/c1-2-6-7(10)3-5(9)4-8(6)11/h2-4,9-11H,1H2. The number of hydrogen-bond acceptors (Lipinski definition) is 3. The molecule has 0 atom stereocenters. The van der Waals surface area contributed by atoms with Crippen molar-refractivity contribution in [2.45, 2.75) is 14.7 Å². The van der Waals surface area contributed by atoms with Crippen molar-refractivity contribution in [3.05, 3.63) is 24.3 Å². The van der Waals surface area contributed by atoms with E-state index in [0.717, 1.165) is 20.2 Å². The predicted molar refractivity (Wildman–Crippen MR) is 58.3 cm³/mol. The first-order valence-electron chi connectivity index (χ1n) is 3.02. The van der Waals surface area contributed by atoms with Crippen molar-refractivity contribution in [3.8, 4) is 0 Å². The molecule has 0 spiro atoms. The molecule has 1 rings (SSSR count). The molecule has 0 aliphatic rings. The largest absolute Gasteiger partial charge is 0.143 e. The van der Waals surface area contributed by atoms with Crippen LogP contribution < -0.4 is 0 Å². The maximum atomic E-state index is 4.25. The molecule has 0 saturated heterocycles. The minimum atomic E-state index is 0.859. The van der Waals surface area contributed by atoms with Gasteiger partial charge in [0.1, 0.15) is 0 Å². The van der Waals surface area contributed by atoms with E-state index in [4.69, 9.17) is 0 Å². The molecule has 0 aliphatic heterocycles. The maximum absolute atomic E-state index is 4.25. The third kappa shape index (κ3) is 1.98. The Morgan fingerprint density at radius 1 is 1.09 bits per heavy atom. The van der Waals surface area contributed by atoms with Crippen LogP contribution >= 0.6 is 37.9 Å². The number of benzene rings is 1. The normalized spacial score (nSPS) is 9.73. The van der Waals surface area contributed by atoms with E-state index in [-0.39, 0.29) is 0 Å². The lowest BCUT2D eigenvalue weighted by Crippen LogP contribution is -1.79. The van der Waals surface area contributed by atoms with E-state index in [1.807, 2.05) is 12.1 Å². The van der Waals surface area contributed by atoms with E-state index < -0.39 is 0 Å². The summed E-state index contributed by atoms with van der Waals surface area (Å²) in [6.45, 7) is 3.66. The Balaban J connectivity index is 3.36. The fourth-order valence-corrected chi connectivity index (χ4v) is 2.07. The molecule has 0 amide bonds. The second-order valence-corrected chi connectivity index (χ2v) is 3.58. The van der Waals surface area contributed by atoms with Crippen LogP contribution in [0.4, 0.5) is 0 Å². The average Bonchev–Trinajstić information content (AvgIpc) is 1.85. The molecular formula is C8H8S3. The summed E-state index contributed by atoms with van der Waals surface area (Å²) < 4.78 is 0. The van der Waals surface area contributed by atoms with Gasteiger partial charge in [0.25, 0.3) is 0 Å². The van der Waals surface area contributed by atoms with Crippen LogP contribution in [0.3, 0.4) is 0 Å². The van der Waals surface area contributed by atoms with E-state index in [1.54, 1.807) is 6.08 Å². The van der Waals surface area contributed by atoms with Gasteiger partial charge in [-0.1, -0.05) is 12.7 Å². The number of thiol groups is 3. The van der Waals surface area contributed by atoms with Gasteiger partial charge in [0.15, 0.2) is 0 Å². The Kier molecular flexibility index (Phi) is 2.98. The highest BCUT2D eigenvalue weighted by molar-refractivity contribution is 7.82. The van der Waals surface area contributed by atoms with Gasteiger partial charge < -0.3 is 0 Å². The van der Waals surface area contributed by atoms with Crippen LogP contribution in [0.5, 0.6) is 0 Å². The van der Waals surface area contributed by atoms with Crippen molar-refractivity contribution in [2.24, 2.45) is 0 Å². The Morgan fingerprint density at radius 3 is 1.91 bits per heavy atom. The molecule has 0 bridgehead atoms. The zero-order valence-electron chi connectivity index (χ0n) is 5.78. The highest BCUT2D eigenvalue weighted by Crippen LogP contribution is 2.26. The predicted octanol–water partition coefficient (Wildman–Crippen LogP) is 3.20. The number of rotatable bonds is 1. The monoisotopic (exact) mass is 200 g/mol. The topological polar surface area (TPSA) is 0 Å². The van der Waals surface area contributed by atoms with Crippen molar-refractivity contribution in [1.29, 1.82) is 0 Å². The van der Waals surface area contributed by atoms with Gasteiger partial charge in [0.05, 0.1) is 0 Å².